The Morgan fingerprint density at radius 2 is 1.56 bits per heavy atom. The standard InChI is InChI=1S/C14H6N2O8.Mg/c17-10-4-2-6(14(23)24)15-8(4)7-3(12(19)20)1-5(13(21)22)16-9(7)11(10)18;/h1-2,15H,(H,19,20)(H,21,22)(H,23,24);/q;+2. The first-order valence-electron chi connectivity index (χ1n) is 6.29. The van der Waals surface area contributed by atoms with Crippen LogP contribution in [-0.4, -0.2) is 77.8 Å². The molecule has 4 N–H and O–H groups in total. The van der Waals surface area contributed by atoms with Gasteiger partial charge in [0.05, 0.1) is 16.8 Å². The topological polar surface area (TPSA) is 175 Å². The Labute approximate surface area is 153 Å². The minimum atomic E-state index is -1.58. The molecule has 0 saturated carbocycles. The molecular formula is C14H6MgN2O8+2. The largest absolute Gasteiger partial charge is 2.00 e. The van der Waals surface area contributed by atoms with Gasteiger partial charge in [-0.2, -0.15) is 0 Å². The maximum atomic E-state index is 12.1. The predicted octanol–water partition coefficient (Wildman–Crippen LogP) is 0.170. The van der Waals surface area contributed by atoms with Crippen molar-refractivity contribution in [1.29, 1.82) is 0 Å². The van der Waals surface area contributed by atoms with E-state index in [1.807, 2.05) is 0 Å². The van der Waals surface area contributed by atoms with Crippen molar-refractivity contribution in [3.8, 4) is 11.3 Å². The number of nitrogens with zero attached hydrogens (tertiary/aromatic N) is 1. The average Bonchev–Trinajstić information content (AvgIpc) is 2.96. The third-order valence-corrected chi connectivity index (χ3v) is 3.43. The molecule has 1 aliphatic carbocycles. The van der Waals surface area contributed by atoms with Crippen LogP contribution in [0.1, 0.15) is 52.2 Å². The van der Waals surface area contributed by atoms with E-state index in [0.29, 0.717) is 0 Å². The summed E-state index contributed by atoms with van der Waals surface area (Å²) in [5.41, 5.74) is -3.21. The Morgan fingerprint density at radius 3 is 2.08 bits per heavy atom. The van der Waals surface area contributed by atoms with Crippen molar-refractivity contribution < 1.29 is 39.3 Å². The second-order valence-corrected chi connectivity index (χ2v) is 4.82. The van der Waals surface area contributed by atoms with Crippen LogP contribution < -0.4 is 0 Å². The van der Waals surface area contributed by atoms with E-state index in [1.165, 1.54) is 0 Å². The normalized spacial score (nSPS) is 12.0. The predicted molar refractivity (Wildman–Crippen MR) is 79.3 cm³/mol. The fraction of sp³-hybridized carbons (Fsp3) is 0. The van der Waals surface area contributed by atoms with Crippen LogP contribution in [0.25, 0.3) is 11.3 Å². The molecule has 25 heavy (non-hydrogen) atoms. The summed E-state index contributed by atoms with van der Waals surface area (Å²) in [6, 6.07) is 1.65. The van der Waals surface area contributed by atoms with E-state index in [-0.39, 0.29) is 39.9 Å². The fourth-order valence-electron chi connectivity index (χ4n) is 2.42. The van der Waals surface area contributed by atoms with Crippen molar-refractivity contribution >= 4 is 52.5 Å². The number of aromatic carboxylic acids is 3. The monoisotopic (exact) mass is 354 g/mol. The number of Topliss-reactive ketones (excluding diaryl/α,β-unsaturated/α-hetero) is 2. The first-order valence-corrected chi connectivity index (χ1v) is 6.29. The molecule has 1 aliphatic rings. The zero-order valence-corrected chi connectivity index (χ0v) is 13.6. The fourth-order valence-corrected chi connectivity index (χ4v) is 2.42. The number of rotatable bonds is 3. The maximum absolute atomic E-state index is 12.1. The molecule has 0 spiro atoms. The molecule has 0 saturated heterocycles. The van der Waals surface area contributed by atoms with Gasteiger partial charge in [-0.15, -0.1) is 0 Å². The van der Waals surface area contributed by atoms with Gasteiger partial charge in [0.2, 0.25) is 5.78 Å². The zero-order chi connectivity index (χ0) is 17.8. The molecular weight excluding hydrogens is 348 g/mol. The second kappa shape index (κ2) is 6.11. The molecule has 2 aromatic heterocycles. The van der Waals surface area contributed by atoms with Gasteiger partial charge < -0.3 is 20.3 Å². The van der Waals surface area contributed by atoms with E-state index in [0.717, 1.165) is 12.1 Å². The molecule has 0 radical (unpaired) electrons. The molecule has 0 aromatic carbocycles. The molecule has 0 unspecified atom stereocenters. The van der Waals surface area contributed by atoms with Gasteiger partial charge in [0.15, 0.2) is 0 Å². The molecule has 0 amide bonds. The van der Waals surface area contributed by atoms with Crippen LogP contribution in [-0.2, 0) is 0 Å². The zero-order valence-electron chi connectivity index (χ0n) is 12.2. The summed E-state index contributed by atoms with van der Waals surface area (Å²) < 4.78 is 0. The smallest absolute Gasteiger partial charge is 0.478 e. The Hall–Kier alpha value is -3.05. The molecule has 0 aliphatic heterocycles. The molecule has 0 fully saturated rings. The molecule has 11 heteroatoms. The minimum Gasteiger partial charge on any atom is -0.478 e. The molecule has 0 atom stereocenters. The second-order valence-electron chi connectivity index (χ2n) is 4.82. The van der Waals surface area contributed by atoms with Gasteiger partial charge in [-0.1, -0.05) is 0 Å². The summed E-state index contributed by atoms with van der Waals surface area (Å²) in [5, 5.41) is 27.3. The number of nitrogens with one attached hydrogen (secondary N) is 1. The van der Waals surface area contributed by atoms with E-state index >= 15 is 0 Å². The third-order valence-electron chi connectivity index (χ3n) is 3.43. The summed E-state index contributed by atoms with van der Waals surface area (Å²) in [5.74, 6) is -6.87. The van der Waals surface area contributed by atoms with Crippen molar-refractivity contribution in [2.24, 2.45) is 0 Å². The molecule has 2 heterocycles. The Bertz CT molecular complexity index is 991. The summed E-state index contributed by atoms with van der Waals surface area (Å²) in [6.07, 6.45) is 0. The number of aromatic amines is 1. The Morgan fingerprint density at radius 1 is 0.920 bits per heavy atom. The van der Waals surface area contributed by atoms with Crippen LogP contribution in [0, 0.1) is 0 Å². The number of aromatic nitrogens is 2. The van der Waals surface area contributed by atoms with Gasteiger partial charge in [-0.05, 0) is 12.1 Å². The average molecular weight is 355 g/mol. The van der Waals surface area contributed by atoms with E-state index in [2.05, 4.69) is 9.97 Å². The van der Waals surface area contributed by atoms with Gasteiger partial charge in [-0.25, -0.2) is 19.4 Å². The maximum Gasteiger partial charge on any atom is 2.00 e. The number of carbonyl (C=O) groups is 5. The summed E-state index contributed by atoms with van der Waals surface area (Å²) in [7, 11) is 0. The molecule has 10 nitrogen and oxygen atoms in total. The Kier molecular flexibility index (Phi) is 4.47. The number of hydrogen-bond acceptors (Lipinski definition) is 6. The van der Waals surface area contributed by atoms with E-state index in [4.69, 9.17) is 10.2 Å². The van der Waals surface area contributed by atoms with Gasteiger partial charge in [0.25, 0.3) is 5.78 Å². The first-order chi connectivity index (χ1) is 11.2. The SMILES string of the molecule is O=C(O)c1cc(C(=O)O)c2c(n1)C(=O)C(=O)c1cc(C(=O)O)[nH]c1-2.[Mg+2]. The molecule has 120 valence electrons. The van der Waals surface area contributed by atoms with Crippen LogP contribution in [0.4, 0.5) is 0 Å². The third kappa shape index (κ3) is 2.68. The minimum absolute atomic E-state index is 0. The summed E-state index contributed by atoms with van der Waals surface area (Å²) in [4.78, 5) is 63.7. The molecule has 2 aromatic rings. The van der Waals surface area contributed by atoms with E-state index in [1.54, 1.807) is 0 Å². The van der Waals surface area contributed by atoms with Crippen LogP contribution in [0.2, 0.25) is 0 Å². The van der Waals surface area contributed by atoms with Crippen LogP contribution in [0.3, 0.4) is 0 Å². The molecule has 0 bridgehead atoms. The van der Waals surface area contributed by atoms with Crippen molar-refractivity contribution in [3.05, 3.63) is 40.3 Å². The summed E-state index contributed by atoms with van der Waals surface area (Å²) >= 11 is 0. The van der Waals surface area contributed by atoms with Gasteiger partial charge in [0.1, 0.15) is 17.1 Å². The van der Waals surface area contributed by atoms with E-state index in [9.17, 15) is 29.1 Å². The number of fused-ring (bicyclic) bond motifs is 3. The van der Waals surface area contributed by atoms with Crippen LogP contribution >= 0.6 is 0 Å². The summed E-state index contributed by atoms with van der Waals surface area (Å²) in [6.45, 7) is 0. The van der Waals surface area contributed by atoms with E-state index < -0.39 is 52.1 Å². The van der Waals surface area contributed by atoms with Crippen LogP contribution in [0.5, 0.6) is 0 Å². The quantitative estimate of drug-likeness (QED) is 0.442. The number of H-pyrrole nitrogens is 1. The van der Waals surface area contributed by atoms with Crippen molar-refractivity contribution in [2.75, 3.05) is 0 Å². The number of pyridine rings is 1. The number of ketones is 2. The number of hydrogen-bond donors (Lipinski definition) is 4. The number of carboxylic acids is 3. The Balaban J connectivity index is 0.00000225. The van der Waals surface area contributed by atoms with Gasteiger partial charge >= 0.3 is 41.0 Å². The first kappa shape index (κ1) is 18.3. The van der Waals surface area contributed by atoms with Crippen molar-refractivity contribution in [2.45, 2.75) is 0 Å². The van der Waals surface area contributed by atoms with Crippen LogP contribution in [0.15, 0.2) is 12.1 Å². The number of carboxylic acid groups (broad SMARTS) is 3. The van der Waals surface area contributed by atoms with Gasteiger partial charge in [0, 0.05) is 5.56 Å². The number of carbonyl (C=O) groups excluding carboxylic acids is 2. The van der Waals surface area contributed by atoms with Crippen molar-refractivity contribution in [1.82, 2.24) is 9.97 Å². The van der Waals surface area contributed by atoms with Crippen molar-refractivity contribution in [3.63, 3.8) is 0 Å². The van der Waals surface area contributed by atoms with Gasteiger partial charge in [-0.3, -0.25) is 9.59 Å². The molecule has 3 rings (SSSR count).